The molecule has 0 saturated carbocycles. The molecular weight excluding hydrogens is 296 g/mol. The first kappa shape index (κ1) is 13.7. The van der Waals surface area contributed by atoms with Crippen molar-refractivity contribution in [3.05, 3.63) is 52.2 Å². The average molecular weight is 310 g/mol. The van der Waals surface area contributed by atoms with E-state index in [-0.39, 0.29) is 11.5 Å². The van der Waals surface area contributed by atoms with Gasteiger partial charge in [0.15, 0.2) is 5.76 Å². The van der Waals surface area contributed by atoms with E-state index in [1.54, 1.807) is 31.4 Å². The molecule has 1 aliphatic heterocycles. The molecule has 1 aromatic heterocycles. The summed E-state index contributed by atoms with van der Waals surface area (Å²) in [6.07, 6.45) is 0.801. The number of fused-ring (bicyclic) bond motifs is 2. The van der Waals surface area contributed by atoms with Crippen LogP contribution in [0.4, 0.5) is 0 Å². The molecule has 0 saturated heterocycles. The second-order valence-electron chi connectivity index (χ2n) is 5.39. The van der Waals surface area contributed by atoms with E-state index in [9.17, 15) is 9.90 Å². The van der Waals surface area contributed by atoms with Crippen molar-refractivity contribution in [3.63, 3.8) is 0 Å². The fourth-order valence-electron chi connectivity index (χ4n) is 2.81. The third-order valence-electron chi connectivity index (χ3n) is 4.03. The van der Waals surface area contributed by atoms with Crippen LogP contribution in [0.2, 0.25) is 0 Å². The molecule has 3 aromatic rings. The number of methoxy groups -OCH3 is 1. The van der Waals surface area contributed by atoms with Crippen LogP contribution in [-0.4, -0.2) is 18.8 Å². The van der Waals surface area contributed by atoms with E-state index >= 15 is 0 Å². The van der Waals surface area contributed by atoms with E-state index in [2.05, 4.69) is 0 Å². The Morgan fingerprint density at radius 3 is 2.87 bits per heavy atom. The molecule has 2 aromatic carbocycles. The van der Waals surface area contributed by atoms with Gasteiger partial charge >= 0.3 is 0 Å². The molecule has 0 atom stereocenters. The van der Waals surface area contributed by atoms with Gasteiger partial charge in [-0.15, -0.1) is 0 Å². The average Bonchev–Trinajstić information content (AvgIpc) is 3.05. The molecule has 23 heavy (non-hydrogen) atoms. The van der Waals surface area contributed by atoms with Crippen molar-refractivity contribution in [2.24, 2.45) is 0 Å². The standard InChI is InChI=1S/C18H14O5/c1-21-12-3-4-13-15(9-12)23-18(17(20)16(13)19)11-2-5-14-10(8-11)6-7-22-14/h2-5,8-9,20H,6-7H2,1H3. The van der Waals surface area contributed by atoms with Crippen LogP contribution in [0, 0.1) is 0 Å². The molecule has 1 N–H and O–H groups in total. The van der Waals surface area contributed by atoms with E-state index in [0.29, 0.717) is 28.9 Å². The molecule has 5 heteroatoms. The number of hydrogen-bond donors (Lipinski definition) is 1. The minimum Gasteiger partial charge on any atom is -0.502 e. The van der Waals surface area contributed by atoms with Crippen LogP contribution in [0.1, 0.15) is 5.56 Å². The lowest BCUT2D eigenvalue weighted by molar-refractivity contribution is 0.357. The van der Waals surface area contributed by atoms with E-state index in [4.69, 9.17) is 13.9 Å². The van der Waals surface area contributed by atoms with Crippen molar-refractivity contribution in [1.29, 1.82) is 0 Å². The molecule has 0 unspecified atom stereocenters. The molecule has 0 amide bonds. The fraction of sp³-hybridized carbons (Fsp3) is 0.167. The zero-order valence-corrected chi connectivity index (χ0v) is 12.5. The molecule has 0 fully saturated rings. The summed E-state index contributed by atoms with van der Waals surface area (Å²) in [6.45, 7) is 0.642. The summed E-state index contributed by atoms with van der Waals surface area (Å²) in [5.41, 5.74) is 1.60. The van der Waals surface area contributed by atoms with Gasteiger partial charge in [-0.2, -0.15) is 0 Å². The Hall–Kier alpha value is -2.95. The Morgan fingerprint density at radius 1 is 1.17 bits per heavy atom. The minimum atomic E-state index is -0.458. The second kappa shape index (κ2) is 5.05. The number of rotatable bonds is 2. The third-order valence-corrected chi connectivity index (χ3v) is 4.03. The molecule has 0 bridgehead atoms. The first-order valence-electron chi connectivity index (χ1n) is 7.27. The monoisotopic (exact) mass is 310 g/mol. The van der Waals surface area contributed by atoms with E-state index in [1.165, 1.54) is 0 Å². The zero-order chi connectivity index (χ0) is 16.0. The molecule has 0 radical (unpaired) electrons. The third kappa shape index (κ3) is 2.12. The van der Waals surface area contributed by atoms with Crippen molar-refractivity contribution >= 4 is 11.0 Å². The number of hydrogen-bond acceptors (Lipinski definition) is 5. The van der Waals surface area contributed by atoms with Gasteiger partial charge in [0.1, 0.15) is 17.1 Å². The highest BCUT2D eigenvalue weighted by molar-refractivity contribution is 5.83. The lowest BCUT2D eigenvalue weighted by Gasteiger charge is -2.08. The Bertz CT molecular complexity index is 971. The maximum absolute atomic E-state index is 12.4. The molecule has 5 nitrogen and oxygen atoms in total. The van der Waals surface area contributed by atoms with Crippen molar-refractivity contribution in [2.45, 2.75) is 6.42 Å². The summed E-state index contributed by atoms with van der Waals surface area (Å²) in [4.78, 5) is 12.4. The summed E-state index contributed by atoms with van der Waals surface area (Å²) >= 11 is 0. The summed E-state index contributed by atoms with van der Waals surface area (Å²) in [7, 11) is 1.54. The highest BCUT2D eigenvalue weighted by atomic mass is 16.5. The summed E-state index contributed by atoms with van der Waals surface area (Å²) < 4.78 is 16.4. The number of aromatic hydroxyl groups is 1. The minimum absolute atomic E-state index is 0.158. The fourth-order valence-corrected chi connectivity index (χ4v) is 2.81. The van der Waals surface area contributed by atoms with Crippen LogP contribution in [0.15, 0.2) is 45.6 Å². The van der Waals surface area contributed by atoms with Crippen LogP contribution < -0.4 is 14.9 Å². The maximum Gasteiger partial charge on any atom is 0.235 e. The van der Waals surface area contributed by atoms with Gasteiger partial charge in [0.05, 0.1) is 19.1 Å². The van der Waals surface area contributed by atoms with Gasteiger partial charge in [0.2, 0.25) is 11.2 Å². The lowest BCUT2D eigenvalue weighted by atomic mass is 10.1. The first-order valence-corrected chi connectivity index (χ1v) is 7.27. The van der Waals surface area contributed by atoms with Crippen molar-refractivity contribution < 1.29 is 19.0 Å². The first-order chi connectivity index (χ1) is 11.2. The maximum atomic E-state index is 12.4. The predicted octanol–water partition coefficient (Wildman–Crippen LogP) is 3.11. The smallest absolute Gasteiger partial charge is 0.235 e. The van der Waals surface area contributed by atoms with Crippen molar-refractivity contribution in [3.8, 4) is 28.6 Å². The van der Waals surface area contributed by atoms with Crippen molar-refractivity contribution in [2.75, 3.05) is 13.7 Å². The van der Waals surface area contributed by atoms with Gasteiger partial charge in [0.25, 0.3) is 0 Å². The van der Waals surface area contributed by atoms with Gasteiger partial charge in [-0.1, -0.05) is 0 Å². The van der Waals surface area contributed by atoms with E-state index in [0.717, 1.165) is 17.7 Å². The van der Waals surface area contributed by atoms with Crippen molar-refractivity contribution in [1.82, 2.24) is 0 Å². The second-order valence-corrected chi connectivity index (χ2v) is 5.39. The highest BCUT2D eigenvalue weighted by Gasteiger charge is 2.19. The van der Waals surface area contributed by atoms with E-state index in [1.807, 2.05) is 12.1 Å². The molecule has 116 valence electrons. The van der Waals surface area contributed by atoms with Gasteiger partial charge in [-0.3, -0.25) is 4.79 Å². The molecule has 0 aliphatic carbocycles. The number of benzene rings is 2. The van der Waals surface area contributed by atoms with Crippen LogP contribution in [-0.2, 0) is 6.42 Å². The zero-order valence-electron chi connectivity index (χ0n) is 12.5. The van der Waals surface area contributed by atoms with Gasteiger partial charge in [0, 0.05) is 18.1 Å². The van der Waals surface area contributed by atoms with Gasteiger partial charge in [-0.05, 0) is 35.9 Å². The Labute approximate surface area is 131 Å². The predicted molar refractivity (Wildman–Crippen MR) is 85.3 cm³/mol. The van der Waals surface area contributed by atoms with Crippen LogP contribution in [0.5, 0.6) is 17.2 Å². The summed E-state index contributed by atoms with van der Waals surface area (Å²) in [5, 5.41) is 10.6. The van der Waals surface area contributed by atoms with E-state index < -0.39 is 5.43 Å². The molecule has 0 spiro atoms. The Morgan fingerprint density at radius 2 is 2.04 bits per heavy atom. The molecule has 1 aliphatic rings. The van der Waals surface area contributed by atoms with Gasteiger partial charge in [-0.25, -0.2) is 0 Å². The highest BCUT2D eigenvalue weighted by Crippen LogP contribution is 2.35. The lowest BCUT2D eigenvalue weighted by Crippen LogP contribution is -2.02. The summed E-state index contributed by atoms with van der Waals surface area (Å²) in [5.74, 6) is 1.18. The topological polar surface area (TPSA) is 68.9 Å². The Kier molecular flexibility index (Phi) is 3.01. The molecular formula is C18H14O5. The van der Waals surface area contributed by atoms with Crippen LogP contribution in [0.25, 0.3) is 22.3 Å². The number of ether oxygens (including phenoxy) is 2. The van der Waals surface area contributed by atoms with Crippen LogP contribution in [0.3, 0.4) is 0 Å². The van der Waals surface area contributed by atoms with Crippen LogP contribution >= 0.6 is 0 Å². The quantitative estimate of drug-likeness (QED) is 0.787. The Balaban J connectivity index is 1.96. The largest absolute Gasteiger partial charge is 0.502 e. The SMILES string of the molecule is COc1ccc2c(=O)c(O)c(-c3ccc4c(c3)CCO4)oc2c1. The molecule has 2 heterocycles. The normalized spacial score (nSPS) is 12.9. The van der Waals surface area contributed by atoms with Gasteiger partial charge < -0.3 is 19.0 Å². The summed E-state index contributed by atoms with van der Waals surface area (Å²) in [6, 6.07) is 10.4. The molecule has 4 rings (SSSR count).